The van der Waals surface area contributed by atoms with Gasteiger partial charge in [0, 0.05) is 4.47 Å². The first-order valence-corrected chi connectivity index (χ1v) is 4.60. The maximum absolute atomic E-state index is 12.8. The molecular weight excluding hydrogens is 276 g/mol. The molecule has 0 saturated carbocycles. The fraction of sp³-hybridized carbons (Fsp3) is 0. The van der Waals surface area contributed by atoms with Crippen molar-refractivity contribution in [1.82, 2.24) is 5.48 Å². The van der Waals surface area contributed by atoms with E-state index in [-0.39, 0.29) is 16.7 Å². The maximum atomic E-state index is 12.8. The summed E-state index contributed by atoms with van der Waals surface area (Å²) >= 11 is 8.75. The van der Waals surface area contributed by atoms with Crippen molar-refractivity contribution in [3.63, 3.8) is 0 Å². The Hall–Kier alpha value is -0.850. The SMILES string of the molecule is NC(=Nc1c(Cl)cc(F)cc1Br)NO. The predicted octanol–water partition coefficient (Wildman–Crippen LogP) is 2.17. The van der Waals surface area contributed by atoms with E-state index >= 15 is 0 Å². The molecule has 1 aromatic rings. The van der Waals surface area contributed by atoms with Crippen LogP contribution >= 0.6 is 27.5 Å². The second-order valence-corrected chi connectivity index (χ2v) is 3.59. The van der Waals surface area contributed by atoms with Crippen LogP contribution in [0.15, 0.2) is 21.6 Å². The number of hydrogen-bond acceptors (Lipinski definition) is 2. The molecule has 0 atom stereocenters. The maximum Gasteiger partial charge on any atom is 0.218 e. The highest BCUT2D eigenvalue weighted by Crippen LogP contribution is 2.33. The zero-order valence-electron chi connectivity index (χ0n) is 6.76. The van der Waals surface area contributed by atoms with Gasteiger partial charge in [-0.1, -0.05) is 11.6 Å². The van der Waals surface area contributed by atoms with Gasteiger partial charge in [-0.05, 0) is 28.1 Å². The molecule has 0 amide bonds. The van der Waals surface area contributed by atoms with Crippen molar-refractivity contribution in [3.8, 4) is 0 Å². The fourth-order valence-electron chi connectivity index (χ4n) is 0.787. The average Bonchev–Trinajstić information content (AvgIpc) is 2.10. The Kier molecular flexibility index (Phi) is 3.68. The quantitative estimate of drug-likeness (QED) is 0.420. The van der Waals surface area contributed by atoms with Crippen LogP contribution < -0.4 is 11.2 Å². The van der Waals surface area contributed by atoms with E-state index in [1.165, 1.54) is 6.07 Å². The number of nitrogens with two attached hydrogens (primary N) is 1. The number of guanidine groups is 1. The molecule has 1 aromatic carbocycles. The summed E-state index contributed by atoms with van der Waals surface area (Å²) in [4.78, 5) is 3.71. The summed E-state index contributed by atoms with van der Waals surface area (Å²) in [5.74, 6) is -0.726. The molecule has 4 N–H and O–H groups in total. The average molecular weight is 282 g/mol. The third-order valence-electron chi connectivity index (χ3n) is 1.33. The van der Waals surface area contributed by atoms with Gasteiger partial charge in [-0.3, -0.25) is 5.21 Å². The van der Waals surface area contributed by atoms with Crippen molar-refractivity contribution >= 4 is 39.2 Å². The molecule has 0 aliphatic carbocycles. The Morgan fingerprint density at radius 3 is 2.79 bits per heavy atom. The van der Waals surface area contributed by atoms with E-state index in [0.717, 1.165) is 6.07 Å². The number of aliphatic imine (C=N–C) groups is 1. The third-order valence-corrected chi connectivity index (χ3v) is 2.22. The van der Waals surface area contributed by atoms with Crippen LogP contribution in [-0.2, 0) is 0 Å². The lowest BCUT2D eigenvalue weighted by molar-refractivity contribution is 0.233. The van der Waals surface area contributed by atoms with Crippen LogP contribution in [0, 0.1) is 5.82 Å². The highest BCUT2D eigenvalue weighted by atomic mass is 79.9. The Balaban J connectivity index is 3.21. The van der Waals surface area contributed by atoms with E-state index in [2.05, 4.69) is 20.9 Å². The van der Waals surface area contributed by atoms with Crippen molar-refractivity contribution in [2.75, 3.05) is 0 Å². The lowest BCUT2D eigenvalue weighted by atomic mass is 10.3. The first-order valence-electron chi connectivity index (χ1n) is 3.43. The highest BCUT2D eigenvalue weighted by molar-refractivity contribution is 9.10. The van der Waals surface area contributed by atoms with E-state index in [4.69, 9.17) is 22.5 Å². The number of nitrogens with zero attached hydrogens (tertiary/aromatic N) is 1. The van der Waals surface area contributed by atoms with Gasteiger partial charge in [0.25, 0.3) is 0 Å². The van der Waals surface area contributed by atoms with Gasteiger partial charge in [-0.2, -0.15) is 0 Å². The fourth-order valence-corrected chi connectivity index (χ4v) is 1.67. The topological polar surface area (TPSA) is 70.6 Å². The summed E-state index contributed by atoms with van der Waals surface area (Å²) in [7, 11) is 0. The number of halogens is 3. The zero-order chi connectivity index (χ0) is 10.7. The van der Waals surface area contributed by atoms with E-state index in [9.17, 15) is 4.39 Å². The van der Waals surface area contributed by atoms with Gasteiger partial charge in [0.2, 0.25) is 5.96 Å². The van der Waals surface area contributed by atoms with E-state index < -0.39 is 5.82 Å². The molecule has 0 heterocycles. The summed E-state index contributed by atoms with van der Waals surface area (Å²) in [5, 5.41) is 8.49. The lowest BCUT2D eigenvalue weighted by Crippen LogP contribution is -2.27. The summed E-state index contributed by atoms with van der Waals surface area (Å²) in [6.07, 6.45) is 0. The van der Waals surface area contributed by atoms with Gasteiger partial charge in [-0.25, -0.2) is 14.9 Å². The molecule has 0 aliphatic rings. The molecule has 0 aromatic heterocycles. The Morgan fingerprint density at radius 1 is 1.64 bits per heavy atom. The molecule has 76 valence electrons. The van der Waals surface area contributed by atoms with Crippen molar-refractivity contribution in [2.24, 2.45) is 10.7 Å². The second kappa shape index (κ2) is 4.59. The van der Waals surface area contributed by atoms with Crippen LogP contribution in [0.25, 0.3) is 0 Å². The molecule has 14 heavy (non-hydrogen) atoms. The molecule has 1 rings (SSSR count). The first-order chi connectivity index (χ1) is 6.54. The number of rotatable bonds is 1. The number of benzene rings is 1. The molecule has 0 spiro atoms. The molecule has 0 saturated heterocycles. The lowest BCUT2D eigenvalue weighted by Gasteiger charge is -2.03. The van der Waals surface area contributed by atoms with E-state index in [1.54, 1.807) is 5.48 Å². The van der Waals surface area contributed by atoms with Crippen LogP contribution in [0.2, 0.25) is 5.02 Å². The molecule has 0 unspecified atom stereocenters. The van der Waals surface area contributed by atoms with Crippen LogP contribution in [-0.4, -0.2) is 11.2 Å². The smallest absolute Gasteiger partial charge is 0.218 e. The highest BCUT2D eigenvalue weighted by Gasteiger charge is 2.07. The Bertz CT molecular complexity index is 362. The summed E-state index contributed by atoms with van der Waals surface area (Å²) in [6.45, 7) is 0. The largest absolute Gasteiger partial charge is 0.368 e. The summed E-state index contributed by atoms with van der Waals surface area (Å²) < 4.78 is 13.1. The second-order valence-electron chi connectivity index (χ2n) is 2.33. The van der Waals surface area contributed by atoms with Crippen molar-refractivity contribution in [3.05, 3.63) is 27.4 Å². The Morgan fingerprint density at radius 2 is 2.29 bits per heavy atom. The molecule has 0 radical (unpaired) electrons. The number of hydroxylamine groups is 1. The zero-order valence-corrected chi connectivity index (χ0v) is 9.10. The molecule has 7 heteroatoms. The summed E-state index contributed by atoms with van der Waals surface area (Å²) in [6, 6.07) is 2.28. The molecule has 0 fully saturated rings. The van der Waals surface area contributed by atoms with Crippen molar-refractivity contribution in [2.45, 2.75) is 0 Å². The van der Waals surface area contributed by atoms with E-state index in [0.29, 0.717) is 4.47 Å². The minimum atomic E-state index is -0.489. The van der Waals surface area contributed by atoms with E-state index in [1.807, 2.05) is 0 Å². The van der Waals surface area contributed by atoms with Crippen molar-refractivity contribution in [1.29, 1.82) is 0 Å². The van der Waals surface area contributed by atoms with Crippen molar-refractivity contribution < 1.29 is 9.60 Å². The van der Waals surface area contributed by atoms with Crippen LogP contribution in [0.5, 0.6) is 0 Å². The minimum Gasteiger partial charge on any atom is -0.368 e. The first kappa shape index (κ1) is 11.2. The minimum absolute atomic E-state index is 0.0927. The van der Waals surface area contributed by atoms with Gasteiger partial charge in [0.05, 0.1) is 5.02 Å². The number of nitrogens with one attached hydrogen (secondary N) is 1. The normalized spacial score (nSPS) is 11.6. The number of hydrogen-bond donors (Lipinski definition) is 3. The monoisotopic (exact) mass is 281 g/mol. The van der Waals surface area contributed by atoms with Crippen LogP contribution in [0.1, 0.15) is 0 Å². The third kappa shape index (κ3) is 2.57. The standard InChI is InChI=1S/C7H6BrClFN3O/c8-4-1-3(10)2-5(9)6(4)12-7(11)13-14/h1-2,14H,(H3,11,12,13). The van der Waals surface area contributed by atoms with Gasteiger partial charge in [-0.15, -0.1) is 0 Å². The van der Waals surface area contributed by atoms with Gasteiger partial charge >= 0.3 is 0 Å². The van der Waals surface area contributed by atoms with Gasteiger partial charge in [0.1, 0.15) is 11.5 Å². The Labute approximate surface area is 92.7 Å². The van der Waals surface area contributed by atoms with Gasteiger partial charge in [0.15, 0.2) is 0 Å². The predicted molar refractivity (Wildman–Crippen MR) is 55.3 cm³/mol. The van der Waals surface area contributed by atoms with Crippen LogP contribution in [0.3, 0.4) is 0 Å². The molecule has 0 bridgehead atoms. The summed E-state index contributed by atoms with van der Waals surface area (Å²) in [5.41, 5.74) is 7.08. The van der Waals surface area contributed by atoms with Crippen LogP contribution in [0.4, 0.5) is 10.1 Å². The molecule has 0 aliphatic heterocycles. The molecule has 4 nitrogen and oxygen atoms in total. The molecular formula is C7H6BrClFN3O. The van der Waals surface area contributed by atoms with Gasteiger partial charge < -0.3 is 5.73 Å².